The van der Waals surface area contributed by atoms with Crippen LogP contribution >= 0.6 is 15.9 Å². The highest BCUT2D eigenvalue weighted by molar-refractivity contribution is 9.10. The molecule has 0 fully saturated rings. The summed E-state index contributed by atoms with van der Waals surface area (Å²) in [6, 6.07) is 50.0. The summed E-state index contributed by atoms with van der Waals surface area (Å²) in [6.45, 7) is 0. The normalized spacial score (nSPS) is 11.7. The highest BCUT2D eigenvalue weighted by Crippen LogP contribution is 2.45. The Labute approximate surface area is 234 Å². The molecule has 0 spiro atoms. The molecule has 2 aromatic heterocycles. The van der Waals surface area contributed by atoms with E-state index in [0.717, 1.165) is 15.8 Å². The van der Waals surface area contributed by atoms with Gasteiger partial charge in [0.2, 0.25) is 0 Å². The van der Waals surface area contributed by atoms with Crippen molar-refractivity contribution in [1.82, 2.24) is 9.13 Å². The van der Waals surface area contributed by atoms with Crippen LogP contribution in [0.3, 0.4) is 0 Å². The minimum absolute atomic E-state index is 1.11. The van der Waals surface area contributed by atoms with Crippen LogP contribution in [0.5, 0.6) is 0 Å². The average Bonchev–Trinajstić information content (AvgIpc) is 3.52. The van der Waals surface area contributed by atoms with E-state index in [9.17, 15) is 0 Å². The predicted molar refractivity (Wildman–Crippen MR) is 168 cm³/mol. The molecule has 0 radical (unpaired) electrons. The predicted octanol–water partition coefficient (Wildman–Crippen LogP) is 10.3. The number of hydrogen-bond acceptors (Lipinski definition) is 0. The minimum atomic E-state index is 1.11. The summed E-state index contributed by atoms with van der Waals surface area (Å²) in [7, 11) is 0. The quantitative estimate of drug-likeness (QED) is 0.202. The summed E-state index contributed by atoms with van der Waals surface area (Å²) in [6.07, 6.45) is 0. The molecule has 0 saturated carbocycles. The van der Waals surface area contributed by atoms with Gasteiger partial charge < -0.3 is 9.13 Å². The number of nitrogens with zero attached hydrogens (tertiary/aromatic N) is 2. The number of benzene rings is 6. The molecule has 0 aliphatic rings. The van der Waals surface area contributed by atoms with Gasteiger partial charge in [0.05, 0.1) is 22.1 Å². The molecule has 2 nitrogen and oxygen atoms in total. The van der Waals surface area contributed by atoms with E-state index < -0.39 is 0 Å². The van der Waals surface area contributed by atoms with Crippen LogP contribution in [0.15, 0.2) is 144 Å². The lowest BCUT2D eigenvalue weighted by Gasteiger charge is -2.14. The second-order valence-corrected chi connectivity index (χ2v) is 10.8. The number of fused-ring (bicyclic) bond motifs is 7. The van der Waals surface area contributed by atoms with Crippen LogP contribution in [0.25, 0.3) is 66.1 Å². The third-order valence-electron chi connectivity index (χ3n) is 7.75. The molecule has 0 amide bonds. The molecule has 0 aliphatic carbocycles. The number of aromatic nitrogens is 2. The van der Waals surface area contributed by atoms with Gasteiger partial charge in [0.15, 0.2) is 0 Å². The zero-order chi connectivity index (χ0) is 25.9. The molecule has 184 valence electrons. The average molecular weight is 563 g/mol. The lowest BCUT2D eigenvalue weighted by atomic mass is 10.1. The second-order valence-electron chi connectivity index (χ2n) is 9.94. The highest BCUT2D eigenvalue weighted by Gasteiger charge is 2.23. The number of hydrogen-bond donors (Lipinski definition) is 0. The largest absolute Gasteiger partial charge is 0.307 e. The molecule has 0 bridgehead atoms. The van der Waals surface area contributed by atoms with Gasteiger partial charge in [-0.15, -0.1) is 0 Å². The zero-order valence-electron chi connectivity index (χ0n) is 21.1. The summed E-state index contributed by atoms with van der Waals surface area (Å²) in [5.41, 5.74) is 9.52. The molecular weight excluding hydrogens is 540 g/mol. The Balaban J connectivity index is 1.60. The summed E-state index contributed by atoms with van der Waals surface area (Å²) >= 11 is 4.00. The van der Waals surface area contributed by atoms with Crippen LogP contribution in [0.4, 0.5) is 0 Å². The first kappa shape index (κ1) is 22.4. The van der Waals surface area contributed by atoms with Crippen LogP contribution in [0, 0.1) is 0 Å². The lowest BCUT2D eigenvalue weighted by Crippen LogP contribution is -1.99. The van der Waals surface area contributed by atoms with E-state index in [0.29, 0.717) is 0 Å². The van der Waals surface area contributed by atoms with Gasteiger partial charge in [-0.1, -0.05) is 113 Å². The van der Waals surface area contributed by atoms with Crippen molar-refractivity contribution in [1.29, 1.82) is 0 Å². The molecule has 0 aliphatic heterocycles. The van der Waals surface area contributed by atoms with E-state index in [1.165, 1.54) is 54.7 Å². The first-order valence-electron chi connectivity index (χ1n) is 13.2. The third-order valence-corrected chi connectivity index (χ3v) is 8.37. The van der Waals surface area contributed by atoms with Gasteiger partial charge in [0.1, 0.15) is 0 Å². The SMILES string of the molecule is Brc1cc2c3ccccc3n(-c3ccccc3)c2c2c1c1ccccc1n2-c1cccc(-c2ccccc2)c1. The Morgan fingerprint density at radius 1 is 0.410 bits per heavy atom. The fraction of sp³-hybridized carbons (Fsp3) is 0. The maximum atomic E-state index is 4.00. The Hall–Kier alpha value is -4.60. The van der Waals surface area contributed by atoms with Crippen LogP contribution in [0.2, 0.25) is 0 Å². The monoisotopic (exact) mass is 562 g/mol. The van der Waals surface area contributed by atoms with Crippen molar-refractivity contribution in [3.63, 3.8) is 0 Å². The molecule has 39 heavy (non-hydrogen) atoms. The first-order valence-corrected chi connectivity index (χ1v) is 13.9. The topological polar surface area (TPSA) is 9.86 Å². The minimum Gasteiger partial charge on any atom is -0.307 e. The van der Waals surface area contributed by atoms with Crippen molar-refractivity contribution in [2.45, 2.75) is 0 Å². The number of para-hydroxylation sites is 3. The fourth-order valence-electron chi connectivity index (χ4n) is 6.12. The smallest absolute Gasteiger partial charge is 0.0800 e. The van der Waals surface area contributed by atoms with Crippen LogP contribution < -0.4 is 0 Å². The Morgan fingerprint density at radius 2 is 0.974 bits per heavy atom. The third kappa shape index (κ3) is 3.33. The van der Waals surface area contributed by atoms with Crippen molar-refractivity contribution in [2.24, 2.45) is 0 Å². The Morgan fingerprint density at radius 3 is 1.74 bits per heavy atom. The van der Waals surface area contributed by atoms with Gasteiger partial charge in [-0.2, -0.15) is 0 Å². The van der Waals surface area contributed by atoms with E-state index >= 15 is 0 Å². The van der Waals surface area contributed by atoms with Crippen molar-refractivity contribution in [2.75, 3.05) is 0 Å². The molecular formula is C36H23BrN2. The van der Waals surface area contributed by atoms with Gasteiger partial charge in [-0.05, 0) is 53.6 Å². The van der Waals surface area contributed by atoms with Crippen molar-refractivity contribution < 1.29 is 0 Å². The number of rotatable bonds is 3. The molecule has 3 heteroatoms. The molecule has 0 atom stereocenters. The van der Waals surface area contributed by atoms with Crippen molar-refractivity contribution >= 4 is 59.5 Å². The summed E-state index contributed by atoms with van der Waals surface area (Å²) < 4.78 is 5.98. The number of halogens is 1. The summed E-state index contributed by atoms with van der Waals surface area (Å²) in [4.78, 5) is 0. The van der Waals surface area contributed by atoms with E-state index in [2.05, 4.69) is 165 Å². The fourth-order valence-corrected chi connectivity index (χ4v) is 6.75. The van der Waals surface area contributed by atoms with E-state index in [-0.39, 0.29) is 0 Å². The Kier molecular flexibility index (Phi) is 5.01. The zero-order valence-corrected chi connectivity index (χ0v) is 22.6. The molecule has 0 saturated heterocycles. The van der Waals surface area contributed by atoms with E-state index in [4.69, 9.17) is 0 Å². The molecule has 0 N–H and O–H groups in total. The van der Waals surface area contributed by atoms with Crippen LogP contribution in [-0.4, -0.2) is 9.13 Å². The van der Waals surface area contributed by atoms with E-state index in [1.807, 2.05) is 0 Å². The van der Waals surface area contributed by atoms with Gasteiger partial charge in [-0.25, -0.2) is 0 Å². The van der Waals surface area contributed by atoms with Gasteiger partial charge >= 0.3 is 0 Å². The maximum absolute atomic E-state index is 4.00. The molecule has 8 aromatic rings. The summed E-state index contributed by atoms with van der Waals surface area (Å²) in [5, 5.41) is 4.94. The summed E-state index contributed by atoms with van der Waals surface area (Å²) in [5.74, 6) is 0. The van der Waals surface area contributed by atoms with Crippen LogP contribution in [0.1, 0.15) is 0 Å². The van der Waals surface area contributed by atoms with Gasteiger partial charge in [0, 0.05) is 37.4 Å². The maximum Gasteiger partial charge on any atom is 0.0800 e. The molecule has 6 aromatic carbocycles. The van der Waals surface area contributed by atoms with Gasteiger partial charge in [-0.3, -0.25) is 0 Å². The second kappa shape index (κ2) is 8.72. The van der Waals surface area contributed by atoms with Crippen molar-refractivity contribution in [3.05, 3.63) is 144 Å². The highest BCUT2D eigenvalue weighted by atomic mass is 79.9. The molecule has 8 rings (SSSR count). The van der Waals surface area contributed by atoms with E-state index in [1.54, 1.807) is 0 Å². The first-order chi connectivity index (χ1) is 19.3. The van der Waals surface area contributed by atoms with Crippen LogP contribution in [-0.2, 0) is 0 Å². The molecule has 2 heterocycles. The van der Waals surface area contributed by atoms with Gasteiger partial charge in [0.25, 0.3) is 0 Å². The van der Waals surface area contributed by atoms with Crippen molar-refractivity contribution in [3.8, 4) is 22.5 Å². The lowest BCUT2D eigenvalue weighted by molar-refractivity contribution is 1.15. The molecule has 0 unspecified atom stereocenters. The Bertz CT molecular complexity index is 2170. The standard InChI is InChI=1S/C36H23BrN2/c37-31-23-30-28-18-7-9-20-32(28)38(26-15-5-2-6-16-26)35(30)36-34(31)29-19-8-10-21-33(29)39(36)27-17-11-14-25(22-27)24-12-3-1-4-13-24/h1-23H.